The van der Waals surface area contributed by atoms with Gasteiger partial charge in [0.2, 0.25) is 0 Å². The Kier molecular flexibility index (Phi) is 3.57. The van der Waals surface area contributed by atoms with Crippen LogP contribution < -0.4 is 11.3 Å². The molecule has 1 aromatic heterocycles. The second-order valence-electron chi connectivity index (χ2n) is 4.58. The number of rotatable bonds is 2. The number of nitrogens with zero attached hydrogens (tertiary/aromatic N) is 1. The first kappa shape index (κ1) is 14.2. The third-order valence-corrected chi connectivity index (χ3v) is 2.93. The third kappa shape index (κ3) is 3.01. The fourth-order valence-electron chi connectivity index (χ4n) is 1.92. The zero-order valence-electron chi connectivity index (χ0n) is 10.7. The van der Waals surface area contributed by atoms with E-state index in [-0.39, 0.29) is 23.4 Å². The predicted molar refractivity (Wildman–Crippen MR) is 70.4 cm³/mol. The van der Waals surface area contributed by atoms with Crippen molar-refractivity contribution in [3.63, 3.8) is 0 Å². The van der Waals surface area contributed by atoms with Gasteiger partial charge < -0.3 is 10.3 Å². The third-order valence-electron chi connectivity index (χ3n) is 2.93. The van der Waals surface area contributed by atoms with Crippen LogP contribution >= 0.6 is 0 Å². The van der Waals surface area contributed by atoms with Gasteiger partial charge in [-0.05, 0) is 36.2 Å². The van der Waals surface area contributed by atoms with Crippen molar-refractivity contribution in [1.82, 2.24) is 4.57 Å². The lowest BCUT2D eigenvalue weighted by molar-refractivity contribution is -0.138. The van der Waals surface area contributed by atoms with Crippen LogP contribution in [0.15, 0.2) is 41.3 Å². The van der Waals surface area contributed by atoms with Gasteiger partial charge in [0.15, 0.2) is 0 Å². The number of aromatic nitrogens is 1. The Hall–Kier alpha value is -2.24. The van der Waals surface area contributed by atoms with Crippen molar-refractivity contribution in [2.24, 2.45) is 0 Å². The number of halogens is 3. The maximum atomic E-state index is 13.0. The number of benzene rings is 1. The summed E-state index contributed by atoms with van der Waals surface area (Å²) in [6, 6.07) is 6.62. The molecule has 0 saturated carbocycles. The van der Waals surface area contributed by atoms with Crippen molar-refractivity contribution in [1.29, 1.82) is 0 Å². The topological polar surface area (TPSA) is 48.0 Å². The van der Waals surface area contributed by atoms with Gasteiger partial charge in [-0.2, -0.15) is 13.2 Å². The molecule has 0 saturated heterocycles. The Morgan fingerprint density at radius 1 is 1.20 bits per heavy atom. The van der Waals surface area contributed by atoms with E-state index in [1.807, 2.05) is 0 Å². The highest BCUT2D eigenvalue weighted by Gasteiger charge is 2.33. The van der Waals surface area contributed by atoms with Gasteiger partial charge in [-0.25, -0.2) is 0 Å². The van der Waals surface area contributed by atoms with E-state index in [2.05, 4.69) is 0 Å². The van der Waals surface area contributed by atoms with E-state index in [9.17, 15) is 18.0 Å². The molecule has 1 aromatic carbocycles. The second-order valence-corrected chi connectivity index (χ2v) is 4.58. The molecule has 2 N–H and O–H groups in total. The van der Waals surface area contributed by atoms with Crippen LogP contribution in [-0.4, -0.2) is 4.57 Å². The molecule has 2 rings (SSSR count). The minimum atomic E-state index is -4.50. The molecular weight excluding hydrogens is 269 g/mol. The van der Waals surface area contributed by atoms with Crippen molar-refractivity contribution in [3.05, 3.63) is 63.6 Å². The zero-order valence-corrected chi connectivity index (χ0v) is 10.7. The highest BCUT2D eigenvalue weighted by molar-refractivity contribution is 5.46. The molecule has 0 bridgehead atoms. The average Bonchev–Trinajstić information content (AvgIpc) is 2.33. The van der Waals surface area contributed by atoms with E-state index in [4.69, 9.17) is 5.73 Å². The molecule has 106 valence electrons. The summed E-state index contributed by atoms with van der Waals surface area (Å²) in [5.41, 5.74) is 5.06. The molecular formula is C14H13F3N2O. The lowest BCUT2D eigenvalue weighted by Gasteiger charge is -2.14. The summed E-state index contributed by atoms with van der Waals surface area (Å²) in [5, 5.41) is 0. The fourth-order valence-corrected chi connectivity index (χ4v) is 1.92. The molecule has 0 aliphatic rings. The number of hydrogen-bond donors (Lipinski definition) is 1. The SMILES string of the molecule is Cc1ccn(Cc2ccc(N)cc2C(F)(F)F)c(=O)c1. The number of nitrogens with two attached hydrogens (primary N) is 1. The number of anilines is 1. The molecule has 0 atom stereocenters. The van der Waals surface area contributed by atoms with Crippen molar-refractivity contribution in [2.45, 2.75) is 19.6 Å². The number of hydrogen-bond acceptors (Lipinski definition) is 2. The van der Waals surface area contributed by atoms with Gasteiger partial charge in [0.1, 0.15) is 0 Å². The van der Waals surface area contributed by atoms with Crippen molar-refractivity contribution in [3.8, 4) is 0 Å². The van der Waals surface area contributed by atoms with Crippen LogP contribution in [0.5, 0.6) is 0 Å². The van der Waals surface area contributed by atoms with Crippen LogP contribution in [0.3, 0.4) is 0 Å². The first-order valence-corrected chi connectivity index (χ1v) is 5.90. The largest absolute Gasteiger partial charge is 0.416 e. The molecule has 6 heteroatoms. The van der Waals surface area contributed by atoms with Gasteiger partial charge in [0.05, 0.1) is 12.1 Å². The van der Waals surface area contributed by atoms with Crippen molar-refractivity contribution in [2.75, 3.05) is 5.73 Å². The van der Waals surface area contributed by atoms with E-state index in [0.717, 1.165) is 11.6 Å². The van der Waals surface area contributed by atoms with Crippen LogP contribution in [0.25, 0.3) is 0 Å². The van der Waals surface area contributed by atoms with Gasteiger partial charge in [0, 0.05) is 18.0 Å². The van der Waals surface area contributed by atoms with E-state index in [0.29, 0.717) is 0 Å². The van der Waals surface area contributed by atoms with Crippen molar-refractivity contribution < 1.29 is 13.2 Å². The Morgan fingerprint density at radius 2 is 1.90 bits per heavy atom. The van der Waals surface area contributed by atoms with Crippen LogP contribution in [0.2, 0.25) is 0 Å². The first-order chi connectivity index (χ1) is 9.27. The number of alkyl halides is 3. The quantitative estimate of drug-likeness (QED) is 0.861. The molecule has 0 unspecified atom stereocenters. The standard InChI is InChI=1S/C14H13F3N2O/c1-9-4-5-19(13(20)6-9)8-10-2-3-11(18)7-12(10)14(15,16)17/h2-7H,8,18H2,1H3. The maximum Gasteiger partial charge on any atom is 0.416 e. The molecule has 1 heterocycles. The van der Waals surface area contributed by atoms with Gasteiger partial charge in [-0.3, -0.25) is 4.79 Å². The van der Waals surface area contributed by atoms with Gasteiger partial charge in [0.25, 0.3) is 5.56 Å². The minimum Gasteiger partial charge on any atom is -0.399 e. The minimum absolute atomic E-state index is 0.0117. The summed E-state index contributed by atoms with van der Waals surface area (Å²) >= 11 is 0. The molecule has 0 aliphatic carbocycles. The van der Waals surface area contributed by atoms with E-state index < -0.39 is 11.7 Å². The summed E-state index contributed by atoms with van der Waals surface area (Å²) in [4.78, 5) is 11.7. The predicted octanol–water partition coefficient (Wildman–Crippen LogP) is 2.81. The second kappa shape index (κ2) is 5.03. The molecule has 0 amide bonds. The summed E-state index contributed by atoms with van der Waals surface area (Å²) in [5.74, 6) is 0. The fraction of sp³-hybridized carbons (Fsp3) is 0.214. The Balaban J connectivity index is 2.46. The zero-order chi connectivity index (χ0) is 14.9. The normalized spacial score (nSPS) is 11.6. The smallest absolute Gasteiger partial charge is 0.399 e. The summed E-state index contributed by atoms with van der Waals surface area (Å²) < 4.78 is 40.1. The van der Waals surface area contributed by atoms with Crippen molar-refractivity contribution >= 4 is 5.69 Å². The van der Waals surface area contributed by atoms with Crippen LogP contribution in [0.1, 0.15) is 16.7 Å². The van der Waals surface area contributed by atoms with Gasteiger partial charge >= 0.3 is 6.18 Å². The number of nitrogen functional groups attached to an aromatic ring is 1. The van der Waals surface area contributed by atoms with Crippen LogP contribution in [0.4, 0.5) is 18.9 Å². The van der Waals surface area contributed by atoms with Crippen LogP contribution in [-0.2, 0) is 12.7 Å². The Morgan fingerprint density at radius 3 is 2.50 bits per heavy atom. The lowest BCUT2D eigenvalue weighted by atomic mass is 10.1. The van der Waals surface area contributed by atoms with Crippen LogP contribution in [0, 0.1) is 6.92 Å². The maximum absolute atomic E-state index is 13.0. The molecule has 0 fully saturated rings. The molecule has 0 radical (unpaired) electrons. The van der Waals surface area contributed by atoms with E-state index in [1.54, 1.807) is 13.0 Å². The Labute approximate surface area is 113 Å². The molecule has 3 nitrogen and oxygen atoms in total. The molecule has 0 aliphatic heterocycles. The molecule has 20 heavy (non-hydrogen) atoms. The summed E-state index contributed by atoms with van der Waals surface area (Å²) in [7, 11) is 0. The molecule has 2 aromatic rings. The molecule has 0 spiro atoms. The first-order valence-electron chi connectivity index (χ1n) is 5.90. The highest BCUT2D eigenvalue weighted by atomic mass is 19.4. The average molecular weight is 282 g/mol. The number of aryl methyl sites for hydroxylation is 1. The van der Waals surface area contributed by atoms with E-state index >= 15 is 0 Å². The Bertz CT molecular complexity index is 690. The monoisotopic (exact) mass is 282 g/mol. The highest BCUT2D eigenvalue weighted by Crippen LogP contribution is 2.33. The summed E-state index contributed by atoms with van der Waals surface area (Å²) in [6.07, 6.45) is -3.02. The lowest BCUT2D eigenvalue weighted by Crippen LogP contribution is -2.21. The summed E-state index contributed by atoms with van der Waals surface area (Å²) in [6.45, 7) is 1.60. The van der Waals surface area contributed by atoms with Gasteiger partial charge in [-0.1, -0.05) is 6.07 Å². The van der Waals surface area contributed by atoms with E-state index in [1.165, 1.54) is 29.0 Å². The number of pyridine rings is 1. The van der Waals surface area contributed by atoms with Gasteiger partial charge in [-0.15, -0.1) is 0 Å².